The normalized spacial score (nSPS) is 11.5. The summed E-state index contributed by atoms with van der Waals surface area (Å²) < 4.78 is 0. The minimum absolute atomic E-state index is 0.653. The highest BCUT2D eigenvalue weighted by atomic mass is 35.8. The number of carbonyl (C=O) groups excluding carboxylic acids is 1. The van der Waals surface area contributed by atoms with Gasteiger partial charge in [-0.1, -0.05) is 96.3 Å². The van der Waals surface area contributed by atoms with Crippen molar-refractivity contribution in [3.05, 3.63) is 0 Å². The molecule has 25 heavy (non-hydrogen) atoms. The third-order valence-electron chi connectivity index (χ3n) is 4.54. The molecule has 0 bridgehead atoms. The molecule has 0 aromatic carbocycles. The molecule has 0 fully saturated rings. The standard InChI is InChI=1S/C19H36Cl3NOSi/c20-25(21,22)18-16-14-12-10-8-6-4-2-1-3-5-7-9-11-13-15-17-23-19-24/h1-18H2. The first-order chi connectivity index (χ1) is 12.1. The lowest BCUT2D eigenvalue weighted by Gasteiger charge is -2.07. The average Bonchev–Trinajstić information content (AvgIpc) is 2.56. The summed E-state index contributed by atoms with van der Waals surface area (Å²) in [6.45, 7) is 0.653. The third kappa shape index (κ3) is 24.5. The van der Waals surface area contributed by atoms with Crippen LogP contribution < -0.4 is 0 Å². The molecule has 2 nitrogen and oxygen atoms in total. The summed E-state index contributed by atoms with van der Waals surface area (Å²) in [7, 11) is 0. The molecule has 0 aliphatic heterocycles. The summed E-state index contributed by atoms with van der Waals surface area (Å²) in [5, 5.41) is 0. The highest BCUT2D eigenvalue weighted by molar-refractivity contribution is 7.64. The van der Waals surface area contributed by atoms with Crippen LogP contribution in [0.2, 0.25) is 6.04 Å². The molecule has 148 valence electrons. The van der Waals surface area contributed by atoms with E-state index in [1.54, 1.807) is 6.08 Å². The van der Waals surface area contributed by atoms with Crippen LogP contribution in [-0.4, -0.2) is 18.6 Å². The minimum atomic E-state index is -2.37. The van der Waals surface area contributed by atoms with Crippen LogP contribution in [0.4, 0.5) is 0 Å². The van der Waals surface area contributed by atoms with Crippen LogP contribution in [0.25, 0.3) is 0 Å². The number of rotatable bonds is 19. The molecule has 0 aromatic rings. The van der Waals surface area contributed by atoms with Gasteiger partial charge in [0.1, 0.15) is 0 Å². The van der Waals surface area contributed by atoms with E-state index in [-0.39, 0.29) is 0 Å². The zero-order chi connectivity index (χ0) is 18.6. The Hall–Kier alpha value is 0.467. The first-order valence-electron chi connectivity index (χ1n) is 10.2. The molecule has 0 saturated heterocycles. The van der Waals surface area contributed by atoms with Crippen molar-refractivity contribution in [2.45, 2.75) is 109 Å². The number of aliphatic imine (C=N–C) groups is 1. The maximum absolute atomic E-state index is 9.90. The van der Waals surface area contributed by atoms with Crippen molar-refractivity contribution >= 4 is 45.3 Å². The molecule has 0 aliphatic carbocycles. The van der Waals surface area contributed by atoms with Crippen LogP contribution in [0.1, 0.15) is 103 Å². The molecular formula is C19H36Cl3NOSi. The van der Waals surface area contributed by atoms with Crippen LogP contribution in [0.3, 0.4) is 0 Å². The van der Waals surface area contributed by atoms with Crippen molar-refractivity contribution in [1.82, 2.24) is 0 Å². The van der Waals surface area contributed by atoms with Crippen molar-refractivity contribution in [2.24, 2.45) is 4.99 Å². The second-order valence-electron chi connectivity index (χ2n) is 7.00. The lowest BCUT2D eigenvalue weighted by Crippen LogP contribution is -2.07. The van der Waals surface area contributed by atoms with E-state index in [1.165, 1.54) is 89.9 Å². The first kappa shape index (κ1) is 25.5. The molecular weight excluding hydrogens is 393 g/mol. The zero-order valence-corrected chi connectivity index (χ0v) is 19.0. The molecule has 6 heteroatoms. The average molecular weight is 429 g/mol. The van der Waals surface area contributed by atoms with E-state index in [9.17, 15) is 4.79 Å². The van der Waals surface area contributed by atoms with Crippen molar-refractivity contribution in [1.29, 1.82) is 0 Å². The topological polar surface area (TPSA) is 29.4 Å². The number of unbranched alkanes of at least 4 members (excludes halogenated alkanes) is 15. The maximum atomic E-state index is 9.90. The number of hydrogen-bond donors (Lipinski definition) is 0. The molecule has 0 amide bonds. The van der Waals surface area contributed by atoms with Crippen LogP contribution in [0, 0.1) is 0 Å². The van der Waals surface area contributed by atoms with E-state index in [0.29, 0.717) is 6.54 Å². The number of halogens is 3. The molecule has 0 saturated carbocycles. The molecule has 0 N–H and O–H groups in total. The molecule has 0 spiro atoms. The molecule has 0 radical (unpaired) electrons. The van der Waals surface area contributed by atoms with Gasteiger partial charge in [0.15, 0.2) is 0 Å². The second kappa shape index (κ2) is 19.2. The Balaban J connectivity index is 3.04. The monoisotopic (exact) mass is 427 g/mol. The van der Waals surface area contributed by atoms with E-state index in [4.69, 9.17) is 33.2 Å². The highest BCUT2D eigenvalue weighted by Crippen LogP contribution is 2.27. The van der Waals surface area contributed by atoms with E-state index in [1.807, 2.05) is 0 Å². The van der Waals surface area contributed by atoms with Gasteiger partial charge in [0.25, 0.3) is 0 Å². The predicted molar refractivity (Wildman–Crippen MR) is 115 cm³/mol. The van der Waals surface area contributed by atoms with Gasteiger partial charge in [0.2, 0.25) is 6.08 Å². The van der Waals surface area contributed by atoms with E-state index >= 15 is 0 Å². The van der Waals surface area contributed by atoms with Gasteiger partial charge in [-0.05, 0) is 12.5 Å². The fraction of sp³-hybridized carbons (Fsp3) is 0.947. The molecule has 0 rings (SSSR count). The van der Waals surface area contributed by atoms with Gasteiger partial charge in [-0.2, -0.15) is 0 Å². The Morgan fingerprint density at radius 3 is 1.20 bits per heavy atom. The van der Waals surface area contributed by atoms with E-state index in [2.05, 4.69) is 4.99 Å². The van der Waals surface area contributed by atoms with Crippen molar-refractivity contribution < 1.29 is 4.79 Å². The van der Waals surface area contributed by atoms with Gasteiger partial charge >= 0.3 is 6.00 Å². The lowest BCUT2D eigenvalue weighted by molar-refractivity contribution is 0.529. The largest absolute Gasteiger partial charge is 0.341 e. The fourth-order valence-electron chi connectivity index (χ4n) is 3.04. The smallest absolute Gasteiger partial charge is 0.211 e. The fourth-order valence-corrected chi connectivity index (χ4v) is 4.89. The van der Waals surface area contributed by atoms with Crippen molar-refractivity contribution in [2.75, 3.05) is 6.54 Å². The summed E-state index contributed by atoms with van der Waals surface area (Å²) in [5.74, 6) is 0. The van der Waals surface area contributed by atoms with Gasteiger partial charge in [-0.3, -0.25) is 0 Å². The summed E-state index contributed by atoms with van der Waals surface area (Å²) in [5.41, 5.74) is 0. The van der Waals surface area contributed by atoms with Gasteiger partial charge in [-0.15, -0.1) is 33.2 Å². The van der Waals surface area contributed by atoms with Crippen LogP contribution >= 0.6 is 33.2 Å². The maximum Gasteiger partial charge on any atom is 0.341 e. The first-order valence-corrected chi connectivity index (χ1v) is 15.4. The summed E-state index contributed by atoms with van der Waals surface area (Å²) in [6, 6.07) is -1.56. The van der Waals surface area contributed by atoms with Gasteiger partial charge in [0, 0.05) is 0 Å². The SMILES string of the molecule is O=C=NCCCCCCCCCCCCCCCCCC[Si](Cl)(Cl)Cl. The molecule has 0 unspecified atom stereocenters. The Morgan fingerprint density at radius 2 is 0.880 bits per heavy atom. The van der Waals surface area contributed by atoms with Gasteiger partial charge in [-0.25, -0.2) is 9.79 Å². The second-order valence-corrected chi connectivity index (χ2v) is 16.3. The summed E-state index contributed by atoms with van der Waals surface area (Å²) in [6.07, 6.45) is 22.4. The summed E-state index contributed by atoms with van der Waals surface area (Å²) in [4.78, 5) is 13.5. The Kier molecular flexibility index (Phi) is 19.6. The molecule has 0 heterocycles. The zero-order valence-electron chi connectivity index (χ0n) is 15.7. The lowest BCUT2D eigenvalue weighted by atomic mass is 10.0. The number of nitrogens with zero attached hydrogens (tertiary/aromatic N) is 1. The molecule has 0 aliphatic rings. The Labute approximate surface area is 170 Å². The number of hydrogen-bond acceptors (Lipinski definition) is 2. The number of isocyanates is 1. The predicted octanol–water partition coefficient (Wildman–Crippen LogP) is 8.22. The van der Waals surface area contributed by atoms with Crippen LogP contribution in [-0.2, 0) is 4.79 Å². The highest BCUT2D eigenvalue weighted by Gasteiger charge is 2.23. The van der Waals surface area contributed by atoms with E-state index in [0.717, 1.165) is 18.9 Å². The third-order valence-corrected chi connectivity index (χ3v) is 7.17. The van der Waals surface area contributed by atoms with Gasteiger partial charge < -0.3 is 0 Å². The van der Waals surface area contributed by atoms with Crippen LogP contribution in [0.15, 0.2) is 4.99 Å². The van der Waals surface area contributed by atoms with Crippen molar-refractivity contribution in [3.63, 3.8) is 0 Å². The Bertz CT molecular complexity index is 331. The van der Waals surface area contributed by atoms with Crippen LogP contribution in [0.5, 0.6) is 0 Å². The molecule has 0 aromatic heterocycles. The van der Waals surface area contributed by atoms with E-state index < -0.39 is 6.00 Å². The van der Waals surface area contributed by atoms with Crippen molar-refractivity contribution in [3.8, 4) is 0 Å². The summed E-state index contributed by atoms with van der Waals surface area (Å²) >= 11 is 17.6. The van der Waals surface area contributed by atoms with Gasteiger partial charge in [0.05, 0.1) is 6.54 Å². The Morgan fingerprint density at radius 1 is 0.560 bits per heavy atom. The minimum Gasteiger partial charge on any atom is -0.211 e. The quantitative estimate of drug-likeness (QED) is 0.0669. The molecule has 0 atom stereocenters.